The van der Waals surface area contributed by atoms with Crippen LogP contribution in [0.15, 0.2) is 97.7 Å². The van der Waals surface area contributed by atoms with Crippen LogP contribution in [0.25, 0.3) is 32.4 Å². The van der Waals surface area contributed by atoms with Crippen LogP contribution < -0.4 is 4.74 Å². The summed E-state index contributed by atoms with van der Waals surface area (Å²) in [4.78, 5) is 4.59. The lowest BCUT2D eigenvalue weighted by Gasteiger charge is -2.58. The number of methoxy groups -OCH3 is 1. The minimum Gasteiger partial charge on any atom is -0.497 e. The van der Waals surface area contributed by atoms with Gasteiger partial charge >= 0.3 is 0 Å². The van der Waals surface area contributed by atoms with Crippen LogP contribution >= 0.6 is 0 Å². The number of quaternary nitrogens is 1. The number of aliphatic hydroxyl groups excluding tert-OH is 1. The average molecular weight is 516 g/mol. The van der Waals surface area contributed by atoms with E-state index in [1.165, 1.54) is 33.5 Å². The molecule has 3 aliphatic rings. The second-order valence-electron chi connectivity index (χ2n) is 11.6. The number of aliphatic hydroxyl groups is 1. The number of hydrogen-bond acceptors (Lipinski definition) is 3. The zero-order chi connectivity index (χ0) is 26.6. The number of nitrogens with zero attached hydrogens (tertiary/aromatic N) is 2. The van der Waals surface area contributed by atoms with Crippen LogP contribution in [0.2, 0.25) is 0 Å². The first kappa shape index (κ1) is 24.3. The monoisotopic (exact) mass is 515 g/mol. The number of rotatable bonds is 6. The molecule has 39 heavy (non-hydrogen) atoms. The fourth-order valence-corrected chi connectivity index (χ4v) is 7.71. The Balaban J connectivity index is 1.39. The van der Waals surface area contributed by atoms with Crippen molar-refractivity contribution in [1.82, 2.24) is 4.98 Å². The molecular formula is C35H35N2O2+. The quantitative estimate of drug-likeness (QED) is 0.148. The summed E-state index contributed by atoms with van der Waals surface area (Å²) in [5.74, 6) is 1.82. The minimum absolute atomic E-state index is 0.0921. The van der Waals surface area contributed by atoms with Crippen molar-refractivity contribution in [3.05, 3.63) is 109 Å². The molecule has 4 heteroatoms. The van der Waals surface area contributed by atoms with Gasteiger partial charge in [-0.05, 0) is 63.4 Å². The van der Waals surface area contributed by atoms with Crippen molar-refractivity contribution in [3.63, 3.8) is 0 Å². The molecular weight excluding hydrogens is 480 g/mol. The highest BCUT2D eigenvalue weighted by atomic mass is 16.5. The highest BCUT2D eigenvalue weighted by molar-refractivity contribution is 6.02. The van der Waals surface area contributed by atoms with Crippen LogP contribution in [0.3, 0.4) is 0 Å². The molecule has 2 bridgehead atoms. The van der Waals surface area contributed by atoms with Crippen LogP contribution in [0.1, 0.15) is 30.1 Å². The zero-order valence-corrected chi connectivity index (χ0v) is 22.5. The van der Waals surface area contributed by atoms with Gasteiger partial charge in [0.15, 0.2) is 0 Å². The standard InChI is InChI=1S/C35H35N2O2/c1-3-23-21-37(22-32-28-10-6-4-8-25(28)18-26-9-5-7-11-29(26)32)17-15-24(23)19-34(37)35(38)30-14-16-36-33-13-12-27(39-2)20-31(30)33/h3-14,16,18,20,23-24,34-35,38H,1,15,17,19,21-22H2,2H3/q+1/t23?,24?,34-,35?,37?/m0/s1. The van der Waals surface area contributed by atoms with Gasteiger partial charge in [-0.25, -0.2) is 0 Å². The van der Waals surface area contributed by atoms with Crippen LogP contribution in [-0.4, -0.2) is 40.8 Å². The molecule has 3 fully saturated rings. The fraction of sp³-hybridized carbons (Fsp3) is 0.286. The summed E-state index contributed by atoms with van der Waals surface area (Å²) in [6, 6.07) is 27.9. The second kappa shape index (κ2) is 9.48. The Morgan fingerprint density at radius 3 is 2.46 bits per heavy atom. The van der Waals surface area contributed by atoms with Crippen molar-refractivity contribution in [2.75, 3.05) is 20.2 Å². The lowest BCUT2D eigenvalue weighted by atomic mass is 9.71. The second-order valence-corrected chi connectivity index (χ2v) is 11.6. The third kappa shape index (κ3) is 3.93. The Bertz CT molecular complexity index is 1660. The number of piperidine rings is 3. The van der Waals surface area contributed by atoms with Crippen molar-refractivity contribution < 1.29 is 14.3 Å². The number of aromatic nitrogens is 1. The maximum atomic E-state index is 12.2. The molecule has 4 heterocycles. The van der Waals surface area contributed by atoms with Gasteiger partial charge in [-0.15, -0.1) is 6.58 Å². The van der Waals surface area contributed by atoms with Crippen molar-refractivity contribution >= 4 is 32.4 Å². The van der Waals surface area contributed by atoms with Crippen molar-refractivity contribution in [2.45, 2.75) is 31.5 Å². The molecule has 8 rings (SSSR count). The van der Waals surface area contributed by atoms with Gasteiger partial charge < -0.3 is 14.3 Å². The molecule has 3 saturated heterocycles. The van der Waals surface area contributed by atoms with Crippen LogP contribution in [-0.2, 0) is 6.54 Å². The number of benzene rings is 4. The minimum atomic E-state index is -0.600. The van der Waals surface area contributed by atoms with Crippen molar-refractivity contribution in [3.8, 4) is 5.75 Å². The Hall–Kier alpha value is -3.73. The van der Waals surface area contributed by atoms with E-state index in [1.54, 1.807) is 7.11 Å². The maximum absolute atomic E-state index is 12.2. The largest absolute Gasteiger partial charge is 0.497 e. The van der Waals surface area contributed by atoms with Crippen LogP contribution in [0.5, 0.6) is 5.75 Å². The van der Waals surface area contributed by atoms with Gasteiger partial charge in [-0.3, -0.25) is 4.98 Å². The molecule has 5 atom stereocenters. The first-order chi connectivity index (χ1) is 19.1. The van der Waals surface area contributed by atoms with Gasteiger partial charge in [0, 0.05) is 35.9 Å². The topological polar surface area (TPSA) is 42.4 Å². The van der Waals surface area contributed by atoms with E-state index < -0.39 is 6.10 Å². The van der Waals surface area contributed by atoms with E-state index in [2.05, 4.69) is 72.2 Å². The van der Waals surface area contributed by atoms with Gasteiger partial charge in [0.25, 0.3) is 0 Å². The first-order valence-electron chi connectivity index (χ1n) is 14.1. The summed E-state index contributed by atoms with van der Waals surface area (Å²) in [5.41, 5.74) is 3.23. The van der Waals surface area contributed by atoms with Gasteiger partial charge in [0.1, 0.15) is 24.4 Å². The predicted molar refractivity (Wildman–Crippen MR) is 159 cm³/mol. The molecule has 0 aliphatic carbocycles. The smallest absolute Gasteiger partial charge is 0.131 e. The number of pyridine rings is 1. The Morgan fingerprint density at radius 1 is 1.00 bits per heavy atom. The molecule has 1 N–H and O–H groups in total. The van der Waals surface area contributed by atoms with E-state index in [4.69, 9.17) is 4.74 Å². The number of fused-ring (bicyclic) bond motifs is 6. The number of hydrogen-bond donors (Lipinski definition) is 1. The summed E-state index contributed by atoms with van der Waals surface area (Å²) in [6.07, 6.45) is 5.58. The normalized spacial score (nSPS) is 25.2. The molecule has 4 unspecified atom stereocenters. The van der Waals surface area contributed by atoms with Crippen LogP contribution in [0, 0.1) is 11.8 Å². The summed E-state index contributed by atoms with van der Waals surface area (Å²) in [6.45, 7) is 7.21. The van der Waals surface area contributed by atoms with E-state index in [9.17, 15) is 5.11 Å². The SMILES string of the molecule is C=CC1C[N+]2(Cc3c4ccccc4cc4ccccc34)CCC1C[C@H]2C(O)c1ccnc2ccc(OC)cc12. The molecule has 1 aromatic heterocycles. The van der Waals surface area contributed by atoms with E-state index in [0.29, 0.717) is 11.8 Å². The summed E-state index contributed by atoms with van der Waals surface area (Å²) in [5, 5.41) is 18.4. The molecule has 5 aromatic rings. The average Bonchev–Trinajstić information content (AvgIpc) is 3.00. The van der Waals surface area contributed by atoms with E-state index in [1.807, 2.05) is 30.5 Å². The predicted octanol–water partition coefficient (Wildman–Crippen LogP) is 7.19. The van der Waals surface area contributed by atoms with E-state index in [-0.39, 0.29) is 6.04 Å². The van der Waals surface area contributed by atoms with Crippen molar-refractivity contribution in [1.29, 1.82) is 0 Å². The molecule has 4 nitrogen and oxygen atoms in total. The molecule has 0 saturated carbocycles. The third-order valence-corrected chi connectivity index (χ3v) is 9.70. The Labute approximate surface area is 229 Å². The third-order valence-electron chi connectivity index (χ3n) is 9.70. The lowest BCUT2D eigenvalue weighted by molar-refractivity contribution is -0.984. The van der Waals surface area contributed by atoms with Crippen molar-refractivity contribution in [2.24, 2.45) is 11.8 Å². The highest BCUT2D eigenvalue weighted by Gasteiger charge is 2.54. The first-order valence-corrected chi connectivity index (χ1v) is 14.1. The molecule has 196 valence electrons. The molecule has 0 spiro atoms. The lowest BCUT2D eigenvalue weighted by Crippen LogP contribution is -2.67. The Morgan fingerprint density at radius 2 is 1.74 bits per heavy atom. The highest BCUT2D eigenvalue weighted by Crippen LogP contribution is 2.49. The van der Waals surface area contributed by atoms with Gasteiger partial charge in [0.05, 0.1) is 25.7 Å². The van der Waals surface area contributed by atoms with E-state index in [0.717, 1.165) is 52.8 Å². The Kier molecular flexibility index (Phi) is 5.91. The summed E-state index contributed by atoms with van der Waals surface area (Å²) >= 11 is 0. The molecule has 3 aliphatic heterocycles. The van der Waals surface area contributed by atoms with Gasteiger partial charge in [-0.2, -0.15) is 0 Å². The van der Waals surface area contributed by atoms with Crippen LogP contribution in [0.4, 0.5) is 0 Å². The number of ether oxygens (including phenoxy) is 1. The zero-order valence-electron chi connectivity index (χ0n) is 22.5. The summed E-state index contributed by atoms with van der Waals surface area (Å²) in [7, 11) is 1.68. The molecule has 4 aromatic carbocycles. The molecule has 0 amide bonds. The van der Waals surface area contributed by atoms with Gasteiger partial charge in [-0.1, -0.05) is 54.6 Å². The maximum Gasteiger partial charge on any atom is 0.131 e. The fourth-order valence-electron chi connectivity index (χ4n) is 7.71. The van der Waals surface area contributed by atoms with E-state index >= 15 is 0 Å². The van der Waals surface area contributed by atoms with Gasteiger partial charge in [0.2, 0.25) is 0 Å². The summed E-state index contributed by atoms with van der Waals surface area (Å²) < 4.78 is 6.41. The molecule has 0 radical (unpaired) electrons.